The summed E-state index contributed by atoms with van der Waals surface area (Å²) in [5.74, 6) is 0.311. The monoisotopic (exact) mass is 290 g/mol. The molecular formula is C9H11IN2O. The fraction of sp³-hybridized carbons (Fsp3) is 0.444. The van der Waals surface area contributed by atoms with Gasteiger partial charge in [0.05, 0.1) is 11.7 Å². The molecule has 1 aliphatic rings. The average molecular weight is 290 g/mol. The molecule has 70 valence electrons. The SMILES string of the molecule is Oc1cc(I)cnc1[C@H]1CCCN1. The van der Waals surface area contributed by atoms with Gasteiger partial charge in [0.2, 0.25) is 0 Å². The Labute approximate surface area is 90.7 Å². The van der Waals surface area contributed by atoms with Crippen molar-refractivity contribution < 1.29 is 5.11 Å². The van der Waals surface area contributed by atoms with Crippen LogP contribution in [-0.4, -0.2) is 16.6 Å². The molecule has 1 aromatic rings. The van der Waals surface area contributed by atoms with E-state index in [1.165, 1.54) is 0 Å². The number of pyridine rings is 1. The van der Waals surface area contributed by atoms with Crippen molar-refractivity contribution in [2.45, 2.75) is 18.9 Å². The van der Waals surface area contributed by atoms with Gasteiger partial charge in [-0.1, -0.05) is 0 Å². The van der Waals surface area contributed by atoms with E-state index in [2.05, 4.69) is 32.9 Å². The smallest absolute Gasteiger partial charge is 0.139 e. The lowest BCUT2D eigenvalue weighted by atomic mass is 10.1. The first-order valence-corrected chi connectivity index (χ1v) is 5.43. The second-order valence-corrected chi connectivity index (χ2v) is 4.45. The van der Waals surface area contributed by atoms with E-state index < -0.39 is 0 Å². The summed E-state index contributed by atoms with van der Waals surface area (Å²) in [6.45, 7) is 1.03. The van der Waals surface area contributed by atoms with E-state index in [9.17, 15) is 5.11 Å². The molecule has 1 atom stereocenters. The third-order valence-electron chi connectivity index (χ3n) is 2.25. The Morgan fingerprint density at radius 3 is 3.08 bits per heavy atom. The first kappa shape index (κ1) is 9.21. The number of hydrogen-bond donors (Lipinski definition) is 2. The van der Waals surface area contributed by atoms with Gasteiger partial charge >= 0.3 is 0 Å². The number of hydrogen-bond acceptors (Lipinski definition) is 3. The molecule has 3 nitrogen and oxygen atoms in total. The van der Waals surface area contributed by atoms with Crippen LogP contribution in [0.25, 0.3) is 0 Å². The van der Waals surface area contributed by atoms with Gasteiger partial charge in [0.1, 0.15) is 5.75 Å². The molecule has 0 bridgehead atoms. The number of nitrogens with zero attached hydrogens (tertiary/aromatic N) is 1. The topological polar surface area (TPSA) is 45.2 Å². The van der Waals surface area contributed by atoms with E-state index in [0.29, 0.717) is 5.75 Å². The van der Waals surface area contributed by atoms with Gasteiger partial charge in [-0.25, -0.2) is 0 Å². The maximum Gasteiger partial charge on any atom is 0.139 e. The summed E-state index contributed by atoms with van der Waals surface area (Å²) in [4.78, 5) is 4.24. The van der Waals surface area contributed by atoms with Gasteiger partial charge in [0.25, 0.3) is 0 Å². The fourth-order valence-corrected chi connectivity index (χ4v) is 2.06. The molecule has 0 radical (unpaired) electrons. The van der Waals surface area contributed by atoms with Crippen molar-refractivity contribution in [2.24, 2.45) is 0 Å². The van der Waals surface area contributed by atoms with Crippen molar-refractivity contribution in [3.05, 3.63) is 21.5 Å². The van der Waals surface area contributed by atoms with Crippen molar-refractivity contribution in [3.63, 3.8) is 0 Å². The molecule has 1 aliphatic heterocycles. The molecule has 0 aliphatic carbocycles. The highest BCUT2D eigenvalue weighted by atomic mass is 127. The molecule has 1 fully saturated rings. The number of nitrogens with one attached hydrogen (secondary N) is 1. The van der Waals surface area contributed by atoms with Crippen LogP contribution in [0.4, 0.5) is 0 Å². The molecule has 0 amide bonds. The molecule has 1 aromatic heterocycles. The standard InChI is InChI=1S/C9H11IN2O/c10-6-4-8(13)9(12-5-6)7-2-1-3-11-7/h4-5,7,11,13H,1-3H2/t7-/m1/s1. The van der Waals surface area contributed by atoms with Crippen LogP contribution in [0.5, 0.6) is 5.75 Å². The van der Waals surface area contributed by atoms with Gasteiger partial charge in [-0.05, 0) is 48.0 Å². The van der Waals surface area contributed by atoms with E-state index in [1.54, 1.807) is 12.3 Å². The minimum absolute atomic E-state index is 0.247. The molecule has 2 heterocycles. The molecule has 0 spiro atoms. The summed E-state index contributed by atoms with van der Waals surface area (Å²) in [6, 6.07) is 2.00. The van der Waals surface area contributed by atoms with Crippen molar-refractivity contribution in [1.82, 2.24) is 10.3 Å². The molecular weight excluding hydrogens is 279 g/mol. The Morgan fingerprint density at radius 2 is 2.46 bits per heavy atom. The van der Waals surface area contributed by atoms with Gasteiger partial charge in [0.15, 0.2) is 0 Å². The molecule has 0 unspecified atom stereocenters. The fourth-order valence-electron chi connectivity index (χ4n) is 1.63. The minimum Gasteiger partial charge on any atom is -0.506 e. The summed E-state index contributed by atoms with van der Waals surface area (Å²) >= 11 is 2.14. The Hall–Kier alpha value is -0.360. The van der Waals surface area contributed by atoms with Crippen molar-refractivity contribution in [1.29, 1.82) is 0 Å². The van der Waals surface area contributed by atoms with Crippen LogP contribution in [0.3, 0.4) is 0 Å². The summed E-state index contributed by atoms with van der Waals surface area (Å²) in [5.41, 5.74) is 0.790. The molecule has 0 aromatic carbocycles. The number of aromatic nitrogens is 1. The van der Waals surface area contributed by atoms with Gasteiger partial charge < -0.3 is 10.4 Å². The highest BCUT2D eigenvalue weighted by Crippen LogP contribution is 2.28. The van der Waals surface area contributed by atoms with Crippen LogP contribution < -0.4 is 5.32 Å². The zero-order valence-corrected chi connectivity index (χ0v) is 9.28. The first-order valence-electron chi connectivity index (χ1n) is 4.35. The Morgan fingerprint density at radius 1 is 1.62 bits per heavy atom. The average Bonchev–Trinajstić information content (AvgIpc) is 2.56. The second kappa shape index (κ2) is 3.79. The number of aromatic hydroxyl groups is 1. The van der Waals surface area contributed by atoms with E-state index >= 15 is 0 Å². The second-order valence-electron chi connectivity index (χ2n) is 3.21. The molecule has 4 heteroatoms. The lowest BCUT2D eigenvalue weighted by Crippen LogP contribution is -2.14. The van der Waals surface area contributed by atoms with Gasteiger partial charge in [-0.3, -0.25) is 4.98 Å². The van der Waals surface area contributed by atoms with E-state index in [1.807, 2.05) is 0 Å². The quantitative estimate of drug-likeness (QED) is 0.775. The largest absolute Gasteiger partial charge is 0.506 e. The van der Waals surface area contributed by atoms with E-state index in [-0.39, 0.29) is 6.04 Å². The Bertz CT molecular complexity index is 310. The zero-order valence-electron chi connectivity index (χ0n) is 7.13. The summed E-state index contributed by atoms with van der Waals surface area (Å²) in [5, 5.41) is 13.0. The van der Waals surface area contributed by atoms with Crippen LogP contribution in [0.2, 0.25) is 0 Å². The van der Waals surface area contributed by atoms with Gasteiger partial charge in [0, 0.05) is 9.77 Å². The predicted octanol–water partition coefficient (Wildman–Crippen LogP) is 1.82. The van der Waals surface area contributed by atoms with Gasteiger partial charge in [-0.15, -0.1) is 0 Å². The van der Waals surface area contributed by atoms with Gasteiger partial charge in [-0.2, -0.15) is 0 Å². The van der Waals surface area contributed by atoms with Crippen molar-refractivity contribution in [2.75, 3.05) is 6.54 Å². The van der Waals surface area contributed by atoms with Crippen LogP contribution in [0.1, 0.15) is 24.6 Å². The Kier molecular flexibility index (Phi) is 2.69. The normalized spacial score (nSPS) is 22.1. The Balaban J connectivity index is 2.29. The summed E-state index contributed by atoms with van der Waals surface area (Å²) in [6.07, 6.45) is 4.02. The number of halogens is 1. The van der Waals surface area contributed by atoms with Crippen LogP contribution in [0, 0.1) is 3.57 Å². The zero-order chi connectivity index (χ0) is 9.26. The third kappa shape index (κ3) is 1.94. The molecule has 2 rings (SSSR count). The third-order valence-corrected chi connectivity index (χ3v) is 2.84. The van der Waals surface area contributed by atoms with Crippen LogP contribution in [0.15, 0.2) is 12.3 Å². The minimum atomic E-state index is 0.247. The predicted molar refractivity (Wildman–Crippen MR) is 58.6 cm³/mol. The molecule has 1 saturated heterocycles. The molecule has 13 heavy (non-hydrogen) atoms. The van der Waals surface area contributed by atoms with E-state index in [0.717, 1.165) is 28.7 Å². The highest BCUT2D eigenvalue weighted by molar-refractivity contribution is 14.1. The highest BCUT2D eigenvalue weighted by Gasteiger charge is 2.20. The number of rotatable bonds is 1. The lowest BCUT2D eigenvalue weighted by Gasteiger charge is -2.10. The van der Waals surface area contributed by atoms with Crippen LogP contribution in [-0.2, 0) is 0 Å². The maximum atomic E-state index is 9.64. The maximum absolute atomic E-state index is 9.64. The molecule has 0 saturated carbocycles. The van der Waals surface area contributed by atoms with Crippen molar-refractivity contribution >= 4 is 22.6 Å². The first-order chi connectivity index (χ1) is 6.27. The van der Waals surface area contributed by atoms with Crippen molar-refractivity contribution in [3.8, 4) is 5.75 Å². The molecule has 2 N–H and O–H groups in total. The summed E-state index contributed by atoms with van der Waals surface area (Å²) < 4.78 is 0.969. The van der Waals surface area contributed by atoms with E-state index in [4.69, 9.17) is 0 Å². The summed E-state index contributed by atoms with van der Waals surface area (Å²) in [7, 11) is 0. The lowest BCUT2D eigenvalue weighted by molar-refractivity contribution is 0.450. The van der Waals surface area contributed by atoms with Crippen LogP contribution >= 0.6 is 22.6 Å².